The SMILES string of the molecule is CNC(CC(C)C)c1ccccc1OC. The van der Waals surface area contributed by atoms with Crippen molar-refractivity contribution in [1.29, 1.82) is 0 Å². The Hall–Kier alpha value is -1.02. The molecule has 0 fully saturated rings. The lowest BCUT2D eigenvalue weighted by Crippen LogP contribution is -2.18. The van der Waals surface area contributed by atoms with E-state index in [-0.39, 0.29) is 0 Å². The van der Waals surface area contributed by atoms with Crippen LogP contribution >= 0.6 is 0 Å². The maximum atomic E-state index is 5.37. The second-order valence-electron chi connectivity index (χ2n) is 4.21. The molecule has 1 rings (SSSR count). The van der Waals surface area contributed by atoms with E-state index in [0.717, 1.165) is 12.2 Å². The van der Waals surface area contributed by atoms with Crippen LogP contribution in [0.15, 0.2) is 24.3 Å². The summed E-state index contributed by atoms with van der Waals surface area (Å²) >= 11 is 0. The van der Waals surface area contributed by atoms with Crippen molar-refractivity contribution in [1.82, 2.24) is 5.32 Å². The molecule has 1 aromatic carbocycles. The van der Waals surface area contributed by atoms with Crippen LogP contribution in [0.2, 0.25) is 0 Å². The van der Waals surface area contributed by atoms with E-state index in [9.17, 15) is 0 Å². The van der Waals surface area contributed by atoms with E-state index in [0.29, 0.717) is 12.0 Å². The van der Waals surface area contributed by atoms with Crippen LogP contribution in [0.4, 0.5) is 0 Å². The van der Waals surface area contributed by atoms with E-state index in [1.165, 1.54) is 5.56 Å². The summed E-state index contributed by atoms with van der Waals surface area (Å²) in [6, 6.07) is 8.58. The molecule has 0 saturated heterocycles. The Morgan fingerprint density at radius 1 is 1.27 bits per heavy atom. The van der Waals surface area contributed by atoms with Crippen LogP contribution in [0.5, 0.6) is 5.75 Å². The van der Waals surface area contributed by atoms with E-state index in [1.54, 1.807) is 7.11 Å². The van der Waals surface area contributed by atoms with Gasteiger partial charge in [-0.25, -0.2) is 0 Å². The van der Waals surface area contributed by atoms with Gasteiger partial charge < -0.3 is 10.1 Å². The predicted octanol–water partition coefficient (Wildman–Crippen LogP) is 3.00. The smallest absolute Gasteiger partial charge is 0.123 e. The number of para-hydroxylation sites is 1. The molecule has 0 amide bonds. The Morgan fingerprint density at radius 3 is 2.47 bits per heavy atom. The van der Waals surface area contributed by atoms with Crippen molar-refractivity contribution in [2.45, 2.75) is 26.3 Å². The molecule has 2 heteroatoms. The molecule has 2 nitrogen and oxygen atoms in total. The van der Waals surface area contributed by atoms with Gasteiger partial charge in [-0.05, 0) is 25.5 Å². The van der Waals surface area contributed by atoms with Crippen molar-refractivity contribution < 1.29 is 4.74 Å². The highest BCUT2D eigenvalue weighted by Gasteiger charge is 2.14. The van der Waals surface area contributed by atoms with E-state index < -0.39 is 0 Å². The van der Waals surface area contributed by atoms with Crippen LogP contribution in [0.3, 0.4) is 0 Å². The molecule has 0 radical (unpaired) electrons. The van der Waals surface area contributed by atoms with Crippen LogP contribution in [0.1, 0.15) is 31.9 Å². The molecule has 0 bridgehead atoms. The van der Waals surface area contributed by atoms with Crippen molar-refractivity contribution >= 4 is 0 Å². The van der Waals surface area contributed by atoms with Gasteiger partial charge in [0.2, 0.25) is 0 Å². The lowest BCUT2D eigenvalue weighted by Gasteiger charge is -2.20. The summed E-state index contributed by atoms with van der Waals surface area (Å²) in [6.07, 6.45) is 1.12. The normalized spacial score (nSPS) is 12.9. The van der Waals surface area contributed by atoms with Crippen LogP contribution in [-0.2, 0) is 0 Å². The number of methoxy groups -OCH3 is 1. The maximum Gasteiger partial charge on any atom is 0.123 e. The molecule has 1 unspecified atom stereocenters. The summed E-state index contributed by atoms with van der Waals surface area (Å²) < 4.78 is 5.37. The Balaban J connectivity index is 2.90. The number of benzene rings is 1. The van der Waals surface area contributed by atoms with Gasteiger partial charge in [-0.15, -0.1) is 0 Å². The second kappa shape index (κ2) is 5.76. The summed E-state index contributed by atoms with van der Waals surface area (Å²) in [6.45, 7) is 4.47. The largest absolute Gasteiger partial charge is 0.496 e. The maximum absolute atomic E-state index is 5.37. The highest BCUT2D eigenvalue weighted by Crippen LogP contribution is 2.28. The van der Waals surface area contributed by atoms with Crippen LogP contribution in [-0.4, -0.2) is 14.2 Å². The molecule has 1 aromatic rings. The topological polar surface area (TPSA) is 21.3 Å². The highest BCUT2D eigenvalue weighted by atomic mass is 16.5. The van der Waals surface area contributed by atoms with Crippen LogP contribution in [0.25, 0.3) is 0 Å². The van der Waals surface area contributed by atoms with Crippen molar-refractivity contribution in [2.75, 3.05) is 14.2 Å². The molecular formula is C13H21NO. The van der Waals surface area contributed by atoms with Crippen LogP contribution in [0, 0.1) is 5.92 Å². The fourth-order valence-corrected chi connectivity index (χ4v) is 1.83. The van der Waals surface area contributed by atoms with E-state index >= 15 is 0 Å². The number of nitrogens with one attached hydrogen (secondary N) is 1. The minimum atomic E-state index is 0.376. The minimum Gasteiger partial charge on any atom is -0.496 e. The Morgan fingerprint density at radius 2 is 1.93 bits per heavy atom. The lowest BCUT2D eigenvalue weighted by molar-refractivity contribution is 0.389. The quantitative estimate of drug-likeness (QED) is 0.801. The van der Waals surface area contributed by atoms with E-state index in [4.69, 9.17) is 4.74 Å². The van der Waals surface area contributed by atoms with Gasteiger partial charge in [-0.2, -0.15) is 0 Å². The third-order valence-electron chi connectivity index (χ3n) is 2.57. The molecule has 15 heavy (non-hydrogen) atoms. The zero-order chi connectivity index (χ0) is 11.3. The first kappa shape index (κ1) is 12.1. The van der Waals surface area contributed by atoms with Crippen LogP contribution < -0.4 is 10.1 Å². The van der Waals surface area contributed by atoms with Gasteiger partial charge in [0.1, 0.15) is 5.75 Å². The Kier molecular flexibility index (Phi) is 4.63. The molecule has 0 aliphatic carbocycles. The summed E-state index contributed by atoms with van der Waals surface area (Å²) in [5.74, 6) is 1.64. The van der Waals surface area contributed by atoms with Gasteiger partial charge in [0.15, 0.2) is 0 Å². The molecule has 0 aliphatic heterocycles. The fraction of sp³-hybridized carbons (Fsp3) is 0.538. The second-order valence-corrected chi connectivity index (χ2v) is 4.21. The minimum absolute atomic E-state index is 0.376. The molecule has 0 saturated carbocycles. The zero-order valence-corrected chi connectivity index (χ0v) is 10.1. The summed E-state index contributed by atoms with van der Waals surface area (Å²) in [7, 11) is 3.72. The van der Waals surface area contributed by atoms with Crippen molar-refractivity contribution in [3.63, 3.8) is 0 Å². The van der Waals surface area contributed by atoms with Crippen molar-refractivity contribution in [2.24, 2.45) is 5.92 Å². The first-order chi connectivity index (χ1) is 7.19. The highest BCUT2D eigenvalue weighted by molar-refractivity contribution is 5.35. The van der Waals surface area contributed by atoms with Gasteiger partial charge in [0.05, 0.1) is 7.11 Å². The zero-order valence-electron chi connectivity index (χ0n) is 10.1. The number of hydrogen-bond donors (Lipinski definition) is 1. The number of rotatable bonds is 5. The van der Waals surface area contributed by atoms with E-state index in [1.807, 2.05) is 19.2 Å². The van der Waals surface area contributed by atoms with Gasteiger partial charge in [0, 0.05) is 11.6 Å². The molecule has 1 N–H and O–H groups in total. The van der Waals surface area contributed by atoms with Gasteiger partial charge in [-0.1, -0.05) is 32.0 Å². The van der Waals surface area contributed by atoms with Gasteiger partial charge >= 0.3 is 0 Å². The predicted molar refractivity (Wildman–Crippen MR) is 64.2 cm³/mol. The third kappa shape index (κ3) is 3.24. The molecule has 84 valence electrons. The molecule has 0 spiro atoms. The molecule has 1 atom stereocenters. The van der Waals surface area contributed by atoms with E-state index in [2.05, 4.69) is 31.3 Å². The fourth-order valence-electron chi connectivity index (χ4n) is 1.83. The monoisotopic (exact) mass is 207 g/mol. The average Bonchev–Trinajstić information content (AvgIpc) is 2.25. The van der Waals surface area contributed by atoms with Crippen molar-refractivity contribution in [3.05, 3.63) is 29.8 Å². The van der Waals surface area contributed by atoms with Gasteiger partial charge in [0.25, 0.3) is 0 Å². The number of ether oxygens (including phenoxy) is 1. The summed E-state index contributed by atoms with van der Waals surface area (Å²) in [5, 5.41) is 3.34. The first-order valence-electron chi connectivity index (χ1n) is 5.49. The molecule has 0 aliphatic rings. The van der Waals surface area contributed by atoms with Crippen molar-refractivity contribution in [3.8, 4) is 5.75 Å². The standard InChI is InChI=1S/C13H21NO/c1-10(2)9-12(14-3)11-7-5-6-8-13(11)15-4/h5-8,10,12,14H,9H2,1-4H3. The number of hydrogen-bond acceptors (Lipinski definition) is 2. The molecule has 0 heterocycles. The summed E-state index contributed by atoms with van der Waals surface area (Å²) in [5.41, 5.74) is 1.25. The summed E-state index contributed by atoms with van der Waals surface area (Å²) in [4.78, 5) is 0. The first-order valence-corrected chi connectivity index (χ1v) is 5.49. The Labute approximate surface area is 92.6 Å². The average molecular weight is 207 g/mol. The van der Waals surface area contributed by atoms with Gasteiger partial charge in [-0.3, -0.25) is 0 Å². The molecule has 0 aromatic heterocycles. The lowest BCUT2D eigenvalue weighted by atomic mass is 9.96. The third-order valence-corrected chi connectivity index (χ3v) is 2.57. The molecular weight excluding hydrogens is 186 g/mol. The Bertz CT molecular complexity index is 296.